The van der Waals surface area contributed by atoms with Gasteiger partial charge in [-0.2, -0.15) is 0 Å². The lowest BCUT2D eigenvalue weighted by Crippen LogP contribution is -2.39. The van der Waals surface area contributed by atoms with Gasteiger partial charge in [-0.1, -0.05) is 52.3 Å². The Morgan fingerprint density at radius 1 is 0.689 bits per heavy atom. The molecule has 1 N–H and O–H groups in total. The van der Waals surface area contributed by atoms with Crippen molar-refractivity contribution in [2.45, 2.75) is 25.4 Å². The summed E-state index contributed by atoms with van der Waals surface area (Å²) in [7, 11) is 4.59. The van der Waals surface area contributed by atoms with Gasteiger partial charge < -0.3 is 19.5 Å². The van der Waals surface area contributed by atoms with Gasteiger partial charge >= 0.3 is 0 Å². The number of non-ortho nitro benzene ring substituents is 2. The smallest absolute Gasteiger partial charge is 0.274 e. The van der Waals surface area contributed by atoms with Crippen LogP contribution in [0.2, 0.25) is 0 Å². The van der Waals surface area contributed by atoms with Gasteiger partial charge in [-0.25, -0.2) is 4.98 Å². The summed E-state index contributed by atoms with van der Waals surface area (Å²) in [6, 6.07) is 32.3. The third-order valence-electron chi connectivity index (χ3n) is 8.93. The van der Waals surface area contributed by atoms with Crippen LogP contribution in [-0.2, 0) is 24.2 Å². The molecule has 61 heavy (non-hydrogen) atoms. The van der Waals surface area contributed by atoms with E-state index in [0.29, 0.717) is 35.4 Å². The number of Topliss-reactive ketones (excluding diaryl/α,β-unsaturated/α-hetero) is 1. The van der Waals surface area contributed by atoms with Crippen LogP contribution in [0.15, 0.2) is 149 Å². The Kier molecular flexibility index (Phi) is 17.1. The fourth-order valence-corrected chi connectivity index (χ4v) is 6.93. The predicted octanol–water partition coefficient (Wildman–Crippen LogP) is 9.76. The molecule has 7 rings (SSSR count). The minimum absolute atomic E-state index is 0.0103. The molecular formula is C45H41BrN6O8S. The van der Waals surface area contributed by atoms with E-state index in [4.69, 9.17) is 14.2 Å². The number of carbonyl (C=O) groups excluding carboxylic acids is 1. The number of hydrogen-bond donors (Lipinski definition) is 1. The van der Waals surface area contributed by atoms with E-state index < -0.39 is 9.85 Å². The van der Waals surface area contributed by atoms with Crippen LogP contribution in [0.3, 0.4) is 0 Å². The van der Waals surface area contributed by atoms with E-state index in [1.54, 1.807) is 67.5 Å². The molecule has 0 unspecified atom stereocenters. The number of rotatable bonds is 15. The maximum atomic E-state index is 13.4. The number of aromatic nitrogens is 3. The summed E-state index contributed by atoms with van der Waals surface area (Å²) in [6.07, 6.45) is 7.75. The lowest BCUT2D eigenvalue weighted by Gasteiger charge is -2.18. The van der Waals surface area contributed by atoms with Crippen molar-refractivity contribution >= 4 is 44.4 Å². The van der Waals surface area contributed by atoms with Crippen LogP contribution in [-0.4, -0.2) is 58.0 Å². The number of ether oxygens (including phenoxy) is 3. The van der Waals surface area contributed by atoms with Gasteiger partial charge in [-0.3, -0.25) is 35.0 Å². The van der Waals surface area contributed by atoms with Crippen molar-refractivity contribution in [3.8, 4) is 39.5 Å². The maximum Gasteiger partial charge on any atom is 0.274 e. The number of hydrogen-bond acceptors (Lipinski definition) is 13. The molecule has 0 spiro atoms. The number of benzene rings is 4. The van der Waals surface area contributed by atoms with Crippen LogP contribution in [0.4, 0.5) is 11.4 Å². The Labute approximate surface area is 364 Å². The van der Waals surface area contributed by atoms with Gasteiger partial charge in [0.2, 0.25) is 0 Å². The van der Waals surface area contributed by atoms with Crippen molar-refractivity contribution in [1.29, 1.82) is 0 Å². The molecule has 16 heteroatoms. The Balaban J connectivity index is 0.000000202. The van der Waals surface area contributed by atoms with E-state index in [1.807, 2.05) is 53.4 Å². The first kappa shape index (κ1) is 45.2. The second kappa shape index (κ2) is 23.1. The van der Waals surface area contributed by atoms with Crippen LogP contribution in [0.25, 0.3) is 22.3 Å². The van der Waals surface area contributed by atoms with E-state index >= 15 is 0 Å². The van der Waals surface area contributed by atoms with Crippen molar-refractivity contribution in [3.05, 3.63) is 186 Å². The monoisotopic (exact) mass is 904 g/mol. The minimum Gasteiger partial charge on any atom is -0.497 e. The molecule has 0 fully saturated rings. The molecule has 312 valence electrons. The highest BCUT2D eigenvalue weighted by molar-refractivity contribution is 9.10. The zero-order chi connectivity index (χ0) is 43.6. The summed E-state index contributed by atoms with van der Waals surface area (Å²) in [5.41, 5.74) is 8.47. The van der Waals surface area contributed by atoms with Crippen LogP contribution in [0, 0.1) is 20.2 Å². The van der Waals surface area contributed by atoms with Gasteiger partial charge in [-0.15, -0.1) is 11.3 Å². The first-order valence-corrected chi connectivity index (χ1v) is 20.3. The first-order valence-electron chi connectivity index (χ1n) is 18.5. The molecule has 1 atom stereocenters. The topological polar surface area (TPSA) is 182 Å². The lowest BCUT2D eigenvalue weighted by atomic mass is 9.95. The molecule has 7 aromatic rings. The second-order valence-electron chi connectivity index (χ2n) is 13.1. The van der Waals surface area contributed by atoms with E-state index in [0.717, 1.165) is 44.8 Å². The molecule has 0 saturated heterocycles. The number of nitrogens with one attached hydrogen (secondary N) is 1. The Bertz CT molecular complexity index is 2500. The van der Waals surface area contributed by atoms with E-state index in [1.165, 1.54) is 38.5 Å². The van der Waals surface area contributed by atoms with Crippen LogP contribution < -0.4 is 19.5 Å². The van der Waals surface area contributed by atoms with Gasteiger partial charge in [0.15, 0.2) is 5.78 Å². The third kappa shape index (κ3) is 14.1. The highest BCUT2D eigenvalue weighted by Gasteiger charge is 2.20. The summed E-state index contributed by atoms with van der Waals surface area (Å²) in [6.45, 7) is 0.563. The number of carbonyl (C=O) groups is 1. The van der Waals surface area contributed by atoms with Gasteiger partial charge in [-0.05, 0) is 88.3 Å². The molecule has 0 aliphatic carbocycles. The third-order valence-corrected chi connectivity index (χ3v) is 10.0. The summed E-state index contributed by atoms with van der Waals surface area (Å²) in [5.74, 6) is 1.80. The molecule has 0 amide bonds. The fourth-order valence-electron chi connectivity index (χ4n) is 5.91. The van der Waals surface area contributed by atoms with Crippen molar-refractivity contribution in [3.63, 3.8) is 0 Å². The standard InChI is InChI=1S/C26H25N3O2S.C12H10N2O3.C7H6BrNO3/c1-31-24-12-20(11-22(15-24)21-7-9-27-10-8-21)14-26(30)25(13-19-5-3-2-4-6-19)28-16-23-17-32-18-29-23;1-17-12-7-10(6-11(8-12)14(15)16)9-2-4-13-5-3-9;1-12-7-3-5(8)2-6(4-7)9(10)11/h2-12,15,17-18,25,28H,13-14,16H2,1H3;2-8H,1H3;2-4H,1H3/t25-;;/m0../s1. The van der Waals surface area contributed by atoms with Crippen LogP contribution in [0.1, 0.15) is 16.8 Å². The molecule has 0 aliphatic heterocycles. The summed E-state index contributed by atoms with van der Waals surface area (Å²) in [4.78, 5) is 46.0. The van der Waals surface area contributed by atoms with Gasteiger partial charge in [0.1, 0.15) is 17.2 Å². The molecular weight excluding hydrogens is 864 g/mol. The fraction of sp³-hybridized carbons (Fsp3) is 0.156. The number of pyridine rings is 2. The number of nitro benzene ring substituents is 2. The number of nitro groups is 2. The van der Waals surface area contributed by atoms with Crippen molar-refractivity contribution in [2.75, 3.05) is 21.3 Å². The Morgan fingerprint density at radius 3 is 1.77 bits per heavy atom. The minimum atomic E-state index is -0.465. The number of thiazole rings is 1. The van der Waals surface area contributed by atoms with Crippen molar-refractivity contribution < 1.29 is 28.9 Å². The predicted molar refractivity (Wildman–Crippen MR) is 238 cm³/mol. The second-order valence-corrected chi connectivity index (χ2v) is 14.7. The molecule has 0 aliphatic rings. The molecule has 0 radical (unpaired) electrons. The summed E-state index contributed by atoms with van der Waals surface area (Å²) < 4.78 is 16.0. The molecule has 0 bridgehead atoms. The molecule has 0 saturated carbocycles. The van der Waals surface area contributed by atoms with Crippen molar-refractivity contribution in [2.24, 2.45) is 0 Å². The Morgan fingerprint density at radius 2 is 1.23 bits per heavy atom. The average molecular weight is 906 g/mol. The molecule has 3 heterocycles. The van der Waals surface area contributed by atoms with Crippen LogP contribution in [0.5, 0.6) is 17.2 Å². The Hall–Kier alpha value is -6.88. The largest absolute Gasteiger partial charge is 0.497 e. The number of nitrogens with zero attached hydrogens (tertiary/aromatic N) is 5. The molecule has 3 aromatic heterocycles. The number of ketones is 1. The average Bonchev–Trinajstić information content (AvgIpc) is 3.82. The first-order chi connectivity index (χ1) is 29.5. The number of methoxy groups -OCH3 is 3. The highest BCUT2D eigenvalue weighted by Crippen LogP contribution is 2.30. The van der Waals surface area contributed by atoms with Crippen molar-refractivity contribution in [1.82, 2.24) is 20.3 Å². The van der Waals surface area contributed by atoms with Gasteiger partial charge in [0.25, 0.3) is 11.4 Å². The molecule has 14 nitrogen and oxygen atoms in total. The lowest BCUT2D eigenvalue weighted by molar-refractivity contribution is -0.385. The summed E-state index contributed by atoms with van der Waals surface area (Å²) in [5, 5.41) is 26.6. The summed E-state index contributed by atoms with van der Waals surface area (Å²) >= 11 is 4.69. The SMILES string of the molecule is COc1cc(-c2ccncc2)cc([N+](=O)[O-])c1.COc1cc(Br)cc([N+](=O)[O-])c1.COc1cc(CC(=O)[C@H](Cc2ccccc2)NCc2cscn2)cc(-c2ccncc2)c1. The number of halogens is 1. The highest BCUT2D eigenvalue weighted by atomic mass is 79.9. The zero-order valence-electron chi connectivity index (χ0n) is 33.3. The van der Waals surface area contributed by atoms with Gasteiger partial charge in [0.05, 0.1) is 60.6 Å². The normalized spacial score (nSPS) is 10.8. The van der Waals surface area contributed by atoms with E-state index in [9.17, 15) is 25.0 Å². The van der Waals surface area contributed by atoms with Crippen LogP contribution >= 0.6 is 27.3 Å². The van der Waals surface area contributed by atoms with E-state index in [-0.39, 0.29) is 23.2 Å². The zero-order valence-corrected chi connectivity index (χ0v) is 35.7. The van der Waals surface area contributed by atoms with E-state index in [2.05, 4.69) is 54.4 Å². The molecule has 4 aromatic carbocycles. The van der Waals surface area contributed by atoms with Gasteiger partial charge in [0, 0.05) is 59.7 Å². The maximum absolute atomic E-state index is 13.4. The quantitative estimate of drug-likeness (QED) is 0.0761.